The summed E-state index contributed by atoms with van der Waals surface area (Å²) in [5.74, 6) is 0.669. The van der Waals surface area contributed by atoms with Crippen molar-refractivity contribution >= 4 is 16.5 Å². The van der Waals surface area contributed by atoms with Gasteiger partial charge in [0.15, 0.2) is 0 Å². The van der Waals surface area contributed by atoms with Crippen LogP contribution >= 0.6 is 0 Å². The molecule has 1 heterocycles. The van der Waals surface area contributed by atoms with Crippen LogP contribution in [0.2, 0.25) is 0 Å². The molecule has 3 nitrogen and oxygen atoms in total. The van der Waals surface area contributed by atoms with Crippen molar-refractivity contribution in [3.8, 4) is 5.88 Å². The molecular formula is C18H18N2O. The second-order valence-electron chi connectivity index (χ2n) is 5.04. The lowest BCUT2D eigenvalue weighted by molar-refractivity contribution is 0.403. The van der Waals surface area contributed by atoms with Gasteiger partial charge in [-0.2, -0.15) is 0 Å². The van der Waals surface area contributed by atoms with E-state index >= 15 is 0 Å². The molecule has 0 fully saturated rings. The SMILES string of the molecule is COc1ncc(N(C)Cc2ccccc2)c2ccccc12. The minimum absolute atomic E-state index is 0.669. The first-order valence-corrected chi connectivity index (χ1v) is 6.96. The molecule has 0 aliphatic carbocycles. The number of nitrogens with zero attached hydrogens (tertiary/aromatic N) is 2. The topological polar surface area (TPSA) is 25.4 Å². The Bertz CT molecular complexity index is 741. The minimum Gasteiger partial charge on any atom is -0.481 e. The van der Waals surface area contributed by atoms with Gasteiger partial charge in [-0.25, -0.2) is 4.98 Å². The molecule has 0 saturated carbocycles. The predicted molar refractivity (Wildman–Crippen MR) is 86.8 cm³/mol. The Balaban J connectivity index is 2.00. The molecule has 3 aromatic rings. The van der Waals surface area contributed by atoms with Gasteiger partial charge in [0.1, 0.15) is 0 Å². The molecule has 21 heavy (non-hydrogen) atoms. The van der Waals surface area contributed by atoms with Gasteiger partial charge in [-0.05, 0) is 11.6 Å². The van der Waals surface area contributed by atoms with Crippen LogP contribution in [0.5, 0.6) is 5.88 Å². The first-order valence-electron chi connectivity index (χ1n) is 6.96. The normalized spacial score (nSPS) is 10.6. The summed E-state index contributed by atoms with van der Waals surface area (Å²) < 4.78 is 5.35. The van der Waals surface area contributed by atoms with Gasteiger partial charge in [0.05, 0.1) is 19.0 Å². The van der Waals surface area contributed by atoms with E-state index in [1.807, 2.05) is 30.5 Å². The Labute approximate surface area is 124 Å². The van der Waals surface area contributed by atoms with Crippen molar-refractivity contribution in [2.24, 2.45) is 0 Å². The number of fused-ring (bicyclic) bond motifs is 1. The van der Waals surface area contributed by atoms with Gasteiger partial charge in [0, 0.05) is 24.4 Å². The number of rotatable bonds is 4. The van der Waals surface area contributed by atoms with Crippen LogP contribution in [0.4, 0.5) is 5.69 Å². The molecule has 0 amide bonds. The summed E-state index contributed by atoms with van der Waals surface area (Å²) >= 11 is 0. The van der Waals surface area contributed by atoms with Crippen LogP contribution in [-0.4, -0.2) is 19.1 Å². The predicted octanol–water partition coefficient (Wildman–Crippen LogP) is 3.88. The number of hydrogen-bond acceptors (Lipinski definition) is 3. The van der Waals surface area contributed by atoms with Crippen LogP contribution in [0.15, 0.2) is 60.8 Å². The van der Waals surface area contributed by atoms with Crippen LogP contribution in [0, 0.1) is 0 Å². The van der Waals surface area contributed by atoms with Crippen molar-refractivity contribution in [2.45, 2.75) is 6.54 Å². The lowest BCUT2D eigenvalue weighted by atomic mass is 10.1. The Hall–Kier alpha value is -2.55. The van der Waals surface area contributed by atoms with E-state index in [4.69, 9.17) is 4.74 Å². The van der Waals surface area contributed by atoms with Crippen LogP contribution in [-0.2, 0) is 6.54 Å². The third-order valence-corrected chi connectivity index (χ3v) is 3.60. The van der Waals surface area contributed by atoms with E-state index in [1.54, 1.807) is 7.11 Å². The molecule has 2 aromatic carbocycles. The molecular weight excluding hydrogens is 260 g/mol. The quantitative estimate of drug-likeness (QED) is 0.724. The second kappa shape index (κ2) is 5.83. The van der Waals surface area contributed by atoms with E-state index in [-0.39, 0.29) is 0 Å². The molecule has 0 aliphatic rings. The number of hydrogen-bond donors (Lipinski definition) is 0. The summed E-state index contributed by atoms with van der Waals surface area (Å²) in [5.41, 5.74) is 2.38. The Morgan fingerprint density at radius 1 is 0.952 bits per heavy atom. The molecule has 0 unspecified atom stereocenters. The number of ether oxygens (including phenoxy) is 1. The van der Waals surface area contributed by atoms with Crippen LogP contribution in [0.1, 0.15) is 5.56 Å². The Morgan fingerprint density at radius 2 is 1.62 bits per heavy atom. The van der Waals surface area contributed by atoms with Crippen molar-refractivity contribution in [1.29, 1.82) is 0 Å². The van der Waals surface area contributed by atoms with Crippen molar-refractivity contribution < 1.29 is 4.74 Å². The summed E-state index contributed by atoms with van der Waals surface area (Å²) in [7, 11) is 3.74. The van der Waals surface area contributed by atoms with E-state index in [1.165, 1.54) is 5.56 Å². The molecule has 106 valence electrons. The molecule has 3 rings (SSSR count). The number of methoxy groups -OCH3 is 1. The van der Waals surface area contributed by atoms with E-state index in [2.05, 4.69) is 47.3 Å². The maximum absolute atomic E-state index is 5.35. The van der Waals surface area contributed by atoms with Gasteiger partial charge in [0.25, 0.3) is 0 Å². The Kier molecular flexibility index (Phi) is 3.73. The van der Waals surface area contributed by atoms with Crippen molar-refractivity contribution in [2.75, 3.05) is 19.1 Å². The molecule has 0 saturated heterocycles. The van der Waals surface area contributed by atoms with Gasteiger partial charge < -0.3 is 9.64 Å². The zero-order chi connectivity index (χ0) is 14.7. The number of pyridine rings is 1. The summed E-state index contributed by atoms with van der Waals surface area (Å²) in [4.78, 5) is 6.64. The fraction of sp³-hybridized carbons (Fsp3) is 0.167. The van der Waals surface area contributed by atoms with Gasteiger partial charge in [-0.15, -0.1) is 0 Å². The summed E-state index contributed by atoms with van der Waals surface area (Å²) in [6.07, 6.45) is 1.88. The van der Waals surface area contributed by atoms with E-state index in [9.17, 15) is 0 Å². The van der Waals surface area contributed by atoms with Crippen LogP contribution in [0.3, 0.4) is 0 Å². The average molecular weight is 278 g/mol. The van der Waals surface area contributed by atoms with Gasteiger partial charge in [0.2, 0.25) is 5.88 Å². The summed E-state index contributed by atoms with van der Waals surface area (Å²) in [6, 6.07) is 18.6. The number of benzene rings is 2. The van der Waals surface area contributed by atoms with E-state index in [0.29, 0.717) is 5.88 Å². The highest BCUT2D eigenvalue weighted by Crippen LogP contribution is 2.31. The fourth-order valence-corrected chi connectivity index (χ4v) is 2.56. The smallest absolute Gasteiger partial charge is 0.221 e. The fourth-order valence-electron chi connectivity index (χ4n) is 2.56. The Morgan fingerprint density at radius 3 is 2.33 bits per heavy atom. The lowest BCUT2D eigenvalue weighted by Gasteiger charge is -2.21. The van der Waals surface area contributed by atoms with Crippen LogP contribution < -0.4 is 9.64 Å². The minimum atomic E-state index is 0.669. The van der Waals surface area contributed by atoms with Gasteiger partial charge in [-0.1, -0.05) is 48.5 Å². The standard InChI is InChI=1S/C18H18N2O/c1-20(13-14-8-4-3-5-9-14)17-12-19-18(21-2)16-11-7-6-10-15(16)17/h3-12H,13H2,1-2H3. The first-order chi connectivity index (χ1) is 10.3. The third kappa shape index (κ3) is 2.68. The third-order valence-electron chi connectivity index (χ3n) is 3.60. The zero-order valence-electron chi connectivity index (χ0n) is 12.3. The maximum atomic E-state index is 5.35. The van der Waals surface area contributed by atoms with E-state index < -0.39 is 0 Å². The van der Waals surface area contributed by atoms with E-state index in [0.717, 1.165) is 23.0 Å². The zero-order valence-corrected chi connectivity index (χ0v) is 12.3. The van der Waals surface area contributed by atoms with Gasteiger partial charge in [-0.3, -0.25) is 0 Å². The highest BCUT2D eigenvalue weighted by Gasteiger charge is 2.11. The van der Waals surface area contributed by atoms with Crippen molar-refractivity contribution in [3.05, 3.63) is 66.4 Å². The molecule has 0 atom stereocenters. The number of aromatic nitrogens is 1. The monoisotopic (exact) mass is 278 g/mol. The molecule has 0 radical (unpaired) electrons. The maximum Gasteiger partial charge on any atom is 0.221 e. The molecule has 0 spiro atoms. The molecule has 3 heteroatoms. The number of anilines is 1. The molecule has 0 bridgehead atoms. The summed E-state index contributed by atoms with van der Waals surface area (Å²) in [6.45, 7) is 0.846. The molecule has 1 aromatic heterocycles. The summed E-state index contributed by atoms with van der Waals surface area (Å²) in [5, 5.41) is 2.19. The highest BCUT2D eigenvalue weighted by atomic mass is 16.5. The largest absolute Gasteiger partial charge is 0.481 e. The van der Waals surface area contributed by atoms with Crippen molar-refractivity contribution in [1.82, 2.24) is 4.98 Å². The first kappa shape index (κ1) is 13.4. The average Bonchev–Trinajstić information content (AvgIpc) is 2.54. The molecule has 0 aliphatic heterocycles. The second-order valence-corrected chi connectivity index (χ2v) is 5.04. The molecule has 0 N–H and O–H groups in total. The highest BCUT2D eigenvalue weighted by molar-refractivity contribution is 5.96. The lowest BCUT2D eigenvalue weighted by Crippen LogP contribution is -2.17. The van der Waals surface area contributed by atoms with Crippen molar-refractivity contribution in [3.63, 3.8) is 0 Å². The van der Waals surface area contributed by atoms with Crippen LogP contribution in [0.25, 0.3) is 10.8 Å². The van der Waals surface area contributed by atoms with Gasteiger partial charge >= 0.3 is 0 Å².